The van der Waals surface area contributed by atoms with E-state index in [1.165, 1.54) is 0 Å². The number of aromatic nitrogens is 1. The van der Waals surface area contributed by atoms with Crippen LogP contribution in [0.4, 0.5) is 0 Å². The third-order valence-corrected chi connectivity index (χ3v) is 3.27. The molecule has 0 unspecified atom stereocenters. The van der Waals surface area contributed by atoms with Gasteiger partial charge in [0.15, 0.2) is 5.76 Å². The fourth-order valence-corrected chi connectivity index (χ4v) is 1.97. The zero-order valence-electron chi connectivity index (χ0n) is 11.9. The number of hydrogen-bond acceptors (Lipinski definition) is 4. The van der Waals surface area contributed by atoms with E-state index in [1.807, 2.05) is 30.3 Å². The maximum Gasteiger partial charge on any atom is 0.174 e. The largest absolute Gasteiger partial charge is 0.484 e. The normalized spacial score (nSPS) is 11.6. The molecule has 1 aromatic carbocycles. The van der Waals surface area contributed by atoms with E-state index in [0.717, 1.165) is 15.9 Å². The molecule has 20 heavy (non-hydrogen) atoms. The second-order valence-electron chi connectivity index (χ2n) is 5.61. The third-order valence-electron chi connectivity index (χ3n) is 2.61. The van der Waals surface area contributed by atoms with Gasteiger partial charge in [0.2, 0.25) is 0 Å². The van der Waals surface area contributed by atoms with Gasteiger partial charge in [0, 0.05) is 18.2 Å². The minimum atomic E-state index is 0.0600. The van der Waals surface area contributed by atoms with Crippen molar-refractivity contribution in [2.45, 2.75) is 39.5 Å². The summed E-state index contributed by atoms with van der Waals surface area (Å²) in [7, 11) is 0. The zero-order chi connectivity index (χ0) is 14.6. The molecule has 0 bridgehead atoms. The Kier molecular flexibility index (Phi) is 4.83. The molecule has 0 amide bonds. The van der Waals surface area contributed by atoms with Crippen molar-refractivity contribution in [1.82, 2.24) is 10.5 Å². The predicted molar refractivity (Wildman–Crippen MR) is 81.6 cm³/mol. The lowest BCUT2D eigenvalue weighted by Crippen LogP contribution is -2.35. The maximum absolute atomic E-state index is 5.68. The summed E-state index contributed by atoms with van der Waals surface area (Å²) in [5.41, 5.74) is 0.940. The van der Waals surface area contributed by atoms with Crippen LogP contribution in [0.15, 0.2) is 39.3 Å². The third kappa shape index (κ3) is 4.65. The number of nitrogens with one attached hydrogen (secondary N) is 1. The molecule has 0 aliphatic heterocycles. The lowest BCUT2D eigenvalue weighted by Gasteiger charge is -2.19. The van der Waals surface area contributed by atoms with Crippen LogP contribution in [-0.2, 0) is 13.2 Å². The highest BCUT2D eigenvalue weighted by Crippen LogP contribution is 2.24. The molecule has 0 spiro atoms. The van der Waals surface area contributed by atoms with Crippen LogP contribution in [0.3, 0.4) is 0 Å². The van der Waals surface area contributed by atoms with Gasteiger partial charge in [-0.1, -0.05) is 17.3 Å². The van der Waals surface area contributed by atoms with Crippen LogP contribution in [0, 0.1) is 0 Å². The van der Waals surface area contributed by atoms with E-state index in [9.17, 15) is 0 Å². The Balaban J connectivity index is 1.89. The van der Waals surface area contributed by atoms with Gasteiger partial charge in [-0.15, -0.1) is 0 Å². The summed E-state index contributed by atoms with van der Waals surface area (Å²) >= 11 is 3.44. The molecule has 0 fully saturated rings. The van der Waals surface area contributed by atoms with Crippen LogP contribution in [0.5, 0.6) is 5.75 Å². The van der Waals surface area contributed by atoms with Gasteiger partial charge in [-0.2, -0.15) is 0 Å². The van der Waals surface area contributed by atoms with Crippen LogP contribution >= 0.6 is 15.9 Å². The first-order valence-corrected chi connectivity index (χ1v) is 7.30. The van der Waals surface area contributed by atoms with Crippen LogP contribution in [0.2, 0.25) is 0 Å². The fraction of sp³-hybridized carbons (Fsp3) is 0.400. The van der Waals surface area contributed by atoms with Gasteiger partial charge in [0.1, 0.15) is 12.4 Å². The lowest BCUT2D eigenvalue weighted by molar-refractivity contribution is 0.247. The summed E-state index contributed by atoms with van der Waals surface area (Å²) in [6.45, 7) is 7.39. The van der Waals surface area contributed by atoms with Gasteiger partial charge < -0.3 is 14.6 Å². The van der Waals surface area contributed by atoms with Crippen LogP contribution in [-0.4, -0.2) is 10.7 Å². The monoisotopic (exact) mass is 338 g/mol. The first-order chi connectivity index (χ1) is 9.44. The summed E-state index contributed by atoms with van der Waals surface area (Å²) in [4.78, 5) is 0. The second kappa shape index (κ2) is 6.41. The van der Waals surface area contributed by atoms with Crippen molar-refractivity contribution >= 4 is 15.9 Å². The van der Waals surface area contributed by atoms with Crippen LogP contribution in [0.25, 0.3) is 0 Å². The second-order valence-corrected chi connectivity index (χ2v) is 6.46. The number of ether oxygens (including phenoxy) is 1. The summed E-state index contributed by atoms with van der Waals surface area (Å²) in [5, 5.41) is 7.39. The van der Waals surface area contributed by atoms with Crippen molar-refractivity contribution in [3.8, 4) is 5.75 Å². The Morgan fingerprint density at radius 3 is 2.75 bits per heavy atom. The Morgan fingerprint density at radius 2 is 2.05 bits per heavy atom. The van der Waals surface area contributed by atoms with Gasteiger partial charge in [-0.25, -0.2) is 0 Å². The number of hydrogen-bond donors (Lipinski definition) is 1. The Labute approximate surface area is 127 Å². The van der Waals surface area contributed by atoms with Crippen molar-refractivity contribution < 1.29 is 9.26 Å². The fourth-order valence-electron chi connectivity index (χ4n) is 1.57. The highest BCUT2D eigenvalue weighted by molar-refractivity contribution is 9.10. The lowest BCUT2D eigenvalue weighted by atomic mass is 10.1. The van der Waals surface area contributed by atoms with E-state index in [0.29, 0.717) is 18.9 Å². The number of nitrogens with zero attached hydrogens (tertiary/aromatic N) is 1. The van der Waals surface area contributed by atoms with Crippen molar-refractivity contribution in [3.63, 3.8) is 0 Å². The van der Waals surface area contributed by atoms with E-state index < -0.39 is 0 Å². The Morgan fingerprint density at radius 1 is 1.30 bits per heavy atom. The number of rotatable bonds is 5. The van der Waals surface area contributed by atoms with Crippen molar-refractivity contribution in [1.29, 1.82) is 0 Å². The molecule has 2 aromatic rings. The smallest absolute Gasteiger partial charge is 0.174 e. The van der Waals surface area contributed by atoms with Gasteiger partial charge in [0.05, 0.1) is 10.2 Å². The summed E-state index contributed by atoms with van der Waals surface area (Å²) in [6, 6.07) is 9.63. The molecule has 0 aliphatic carbocycles. The topological polar surface area (TPSA) is 47.3 Å². The van der Waals surface area contributed by atoms with E-state index in [4.69, 9.17) is 9.26 Å². The summed E-state index contributed by atoms with van der Waals surface area (Å²) < 4.78 is 11.9. The first-order valence-electron chi connectivity index (χ1n) is 6.51. The first kappa shape index (κ1) is 15.1. The average Bonchev–Trinajstić information content (AvgIpc) is 2.83. The maximum atomic E-state index is 5.68. The van der Waals surface area contributed by atoms with E-state index in [-0.39, 0.29) is 5.54 Å². The molecule has 0 aliphatic rings. The molecule has 5 heteroatoms. The van der Waals surface area contributed by atoms with Crippen molar-refractivity contribution in [2.75, 3.05) is 0 Å². The molecule has 0 atom stereocenters. The van der Waals surface area contributed by atoms with Gasteiger partial charge in [-0.3, -0.25) is 0 Å². The number of halogens is 1. The quantitative estimate of drug-likeness (QED) is 0.897. The average molecular weight is 339 g/mol. The van der Waals surface area contributed by atoms with Crippen LogP contribution in [0.1, 0.15) is 32.2 Å². The molecular weight excluding hydrogens is 320 g/mol. The molecule has 1 N–H and O–H groups in total. The van der Waals surface area contributed by atoms with Crippen LogP contribution < -0.4 is 10.1 Å². The molecule has 1 aromatic heterocycles. The molecule has 0 saturated heterocycles. The molecule has 1 heterocycles. The van der Waals surface area contributed by atoms with Gasteiger partial charge in [0.25, 0.3) is 0 Å². The number of para-hydroxylation sites is 1. The minimum Gasteiger partial charge on any atom is -0.484 e. The van der Waals surface area contributed by atoms with Crippen molar-refractivity contribution in [3.05, 3.63) is 46.3 Å². The molecule has 108 valence electrons. The molecule has 0 saturated carbocycles. The Bertz CT molecular complexity index is 561. The predicted octanol–water partition coefficient (Wildman–Crippen LogP) is 3.90. The van der Waals surface area contributed by atoms with E-state index >= 15 is 0 Å². The molecule has 4 nitrogen and oxygen atoms in total. The zero-order valence-corrected chi connectivity index (χ0v) is 13.5. The van der Waals surface area contributed by atoms with Gasteiger partial charge in [-0.05, 0) is 48.8 Å². The van der Waals surface area contributed by atoms with E-state index in [1.54, 1.807) is 0 Å². The highest BCUT2D eigenvalue weighted by Gasteiger charge is 2.11. The van der Waals surface area contributed by atoms with Crippen molar-refractivity contribution in [2.24, 2.45) is 0 Å². The standard InChI is InChI=1S/C15H19BrN2O2/c1-15(2,3)17-9-11-8-12(20-18-11)10-19-14-7-5-4-6-13(14)16/h4-8,17H,9-10H2,1-3H3. The Hall–Kier alpha value is -1.33. The van der Waals surface area contributed by atoms with E-state index in [2.05, 4.69) is 47.2 Å². The highest BCUT2D eigenvalue weighted by atomic mass is 79.9. The number of benzene rings is 1. The molecule has 2 rings (SSSR count). The molecular formula is C15H19BrN2O2. The summed E-state index contributed by atoms with van der Waals surface area (Å²) in [5.74, 6) is 1.50. The summed E-state index contributed by atoms with van der Waals surface area (Å²) in [6.07, 6.45) is 0. The SMILES string of the molecule is CC(C)(C)NCc1cc(COc2ccccc2Br)on1. The van der Waals surface area contributed by atoms with Gasteiger partial charge >= 0.3 is 0 Å². The molecule has 0 radical (unpaired) electrons. The minimum absolute atomic E-state index is 0.0600.